The molecule has 0 aliphatic heterocycles. The fourth-order valence-electron chi connectivity index (χ4n) is 1.72. The van der Waals surface area contributed by atoms with Crippen LogP contribution in [0.2, 0.25) is 0 Å². The van der Waals surface area contributed by atoms with Crippen LogP contribution < -0.4 is 5.32 Å². The molecule has 5 nitrogen and oxygen atoms in total. The molecule has 0 aromatic heterocycles. The van der Waals surface area contributed by atoms with Gasteiger partial charge in [-0.3, -0.25) is 14.9 Å². The van der Waals surface area contributed by atoms with Crippen LogP contribution in [0.3, 0.4) is 0 Å². The van der Waals surface area contributed by atoms with Crippen LogP contribution in [0, 0.1) is 10.1 Å². The molecule has 0 unspecified atom stereocenters. The Hall–Kier alpha value is -2.21. The molecule has 0 heterocycles. The second kappa shape index (κ2) is 6.29. The highest BCUT2D eigenvalue weighted by Crippen LogP contribution is 2.17. The van der Waals surface area contributed by atoms with E-state index in [0.29, 0.717) is 11.1 Å². The van der Waals surface area contributed by atoms with Crippen molar-refractivity contribution >= 4 is 27.5 Å². The van der Waals surface area contributed by atoms with E-state index in [1.807, 2.05) is 0 Å². The summed E-state index contributed by atoms with van der Waals surface area (Å²) < 4.78 is 0.882. The van der Waals surface area contributed by atoms with Gasteiger partial charge in [0, 0.05) is 28.2 Å². The number of para-hydroxylation sites is 1. The van der Waals surface area contributed by atoms with Crippen molar-refractivity contribution in [3.63, 3.8) is 0 Å². The van der Waals surface area contributed by atoms with Crippen LogP contribution >= 0.6 is 15.9 Å². The van der Waals surface area contributed by atoms with Crippen molar-refractivity contribution in [2.24, 2.45) is 0 Å². The zero-order valence-electron chi connectivity index (χ0n) is 10.4. The molecule has 0 saturated heterocycles. The minimum absolute atomic E-state index is 0.00334. The van der Waals surface area contributed by atoms with E-state index in [9.17, 15) is 14.9 Å². The second-order valence-corrected chi connectivity index (χ2v) is 4.99. The summed E-state index contributed by atoms with van der Waals surface area (Å²) in [6.45, 7) is 0.117. The van der Waals surface area contributed by atoms with Gasteiger partial charge in [0.05, 0.1) is 4.92 Å². The Bertz CT molecular complexity index is 641. The summed E-state index contributed by atoms with van der Waals surface area (Å²) in [5, 5.41) is 13.5. The first-order valence-electron chi connectivity index (χ1n) is 5.84. The van der Waals surface area contributed by atoms with Crippen molar-refractivity contribution in [1.29, 1.82) is 0 Å². The lowest BCUT2D eigenvalue weighted by Gasteiger charge is -2.06. The molecule has 1 N–H and O–H groups in total. The maximum absolute atomic E-state index is 11.9. The molecule has 2 aromatic carbocycles. The first kappa shape index (κ1) is 14.2. The van der Waals surface area contributed by atoms with Crippen LogP contribution in [0.15, 0.2) is 53.0 Å². The highest BCUT2D eigenvalue weighted by atomic mass is 79.9. The van der Waals surface area contributed by atoms with E-state index < -0.39 is 4.92 Å². The summed E-state index contributed by atoms with van der Waals surface area (Å²) in [6.07, 6.45) is 0. The van der Waals surface area contributed by atoms with Gasteiger partial charge in [0.1, 0.15) is 0 Å². The predicted octanol–water partition coefficient (Wildman–Crippen LogP) is 3.29. The first-order valence-corrected chi connectivity index (χ1v) is 6.63. The third kappa shape index (κ3) is 3.42. The summed E-state index contributed by atoms with van der Waals surface area (Å²) in [7, 11) is 0. The molecule has 1 amide bonds. The highest BCUT2D eigenvalue weighted by Gasteiger charge is 2.13. The molecule has 2 aromatic rings. The highest BCUT2D eigenvalue weighted by molar-refractivity contribution is 9.10. The van der Waals surface area contributed by atoms with Crippen molar-refractivity contribution in [3.05, 3.63) is 74.2 Å². The number of nitro groups is 1. The van der Waals surface area contributed by atoms with Crippen molar-refractivity contribution in [2.75, 3.05) is 0 Å². The monoisotopic (exact) mass is 334 g/mol. The van der Waals surface area contributed by atoms with Gasteiger partial charge in [-0.2, -0.15) is 0 Å². The Morgan fingerprint density at radius 3 is 2.45 bits per heavy atom. The van der Waals surface area contributed by atoms with E-state index in [1.54, 1.807) is 42.5 Å². The number of nitrogens with one attached hydrogen (secondary N) is 1. The van der Waals surface area contributed by atoms with Gasteiger partial charge in [-0.15, -0.1) is 0 Å². The number of amides is 1. The number of nitro benzene ring substituents is 1. The predicted molar refractivity (Wildman–Crippen MR) is 78.4 cm³/mol. The molecule has 6 heteroatoms. The van der Waals surface area contributed by atoms with Crippen LogP contribution in [0.4, 0.5) is 5.69 Å². The third-order valence-corrected chi connectivity index (χ3v) is 3.26. The van der Waals surface area contributed by atoms with Gasteiger partial charge in [0.25, 0.3) is 11.6 Å². The smallest absolute Gasteiger partial charge is 0.274 e. The number of nitrogens with zero attached hydrogens (tertiary/aromatic N) is 1. The lowest BCUT2D eigenvalue weighted by atomic mass is 10.1. The van der Waals surface area contributed by atoms with Crippen LogP contribution in [0.1, 0.15) is 15.9 Å². The Kier molecular flexibility index (Phi) is 4.47. The number of carbonyl (C=O) groups excluding carboxylic acids is 1. The standard InChI is InChI=1S/C14H11BrN2O3/c15-12-7-5-10(6-8-12)14(18)16-9-11-3-1-2-4-13(11)17(19)20/h1-8H,9H2,(H,16,18). The Balaban J connectivity index is 2.07. The molecule has 20 heavy (non-hydrogen) atoms. The Labute approximate surface area is 123 Å². The molecule has 0 fully saturated rings. The molecule has 0 saturated carbocycles. The van der Waals surface area contributed by atoms with Gasteiger partial charge < -0.3 is 5.32 Å². The summed E-state index contributed by atoms with van der Waals surface area (Å²) in [5.41, 5.74) is 0.985. The number of rotatable bonds is 4. The molecule has 0 aliphatic carbocycles. The van der Waals surface area contributed by atoms with Crippen molar-refractivity contribution in [3.8, 4) is 0 Å². The van der Waals surface area contributed by atoms with Crippen molar-refractivity contribution in [1.82, 2.24) is 5.32 Å². The fourth-order valence-corrected chi connectivity index (χ4v) is 1.98. The number of hydrogen-bond acceptors (Lipinski definition) is 3. The maximum Gasteiger partial charge on any atom is 0.274 e. The Morgan fingerprint density at radius 2 is 1.80 bits per heavy atom. The van der Waals surface area contributed by atoms with Gasteiger partial charge in [0.2, 0.25) is 0 Å². The van der Waals surface area contributed by atoms with Crippen LogP contribution in [-0.4, -0.2) is 10.8 Å². The van der Waals surface area contributed by atoms with E-state index in [2.05, 4.69) is 21.2 Å². The molecule has 2 rings (SSSR count). The lowest BCUT2D eigenvalue weighted by Crippen LogP contribution is -2.23. The molecular formula is C14H11BrN2O3. The molecule has 0 aliphatic rings. The Morgan fingerprint density at radius 1 is 1.15 bits per heavy atom. The van der Waals surface area contributed by atoms with E-state index in [-0.39, 0.29) is 18.1 Å². The lowest BCUT2D eigenvalue weighted by molar-refractivity contribution is -0.385. The minimum Gasteiger partial charge on any atom is -0.348 e. The van der Waals surface area contributed by atoms with Gasteiger partial charge >= 0.3 is 0 Å². The van der Waals surface area contributed by atoms with Gasteiger partial charge in [0.15, 0.2) is 0 Å². The number of halogens is 1. The number of hydrogen-bond donors (Lipinski definition) is 1. The summed E-state index contributed by atoms with van der Waals surface area (Å²) in [6, 6.07) is 13.2. The van der Waals surface area contributed by atoms with E-state index >= 15 is 0 Å². The maximum atomic E-state index is 11.9. The van der Waals surface area contributed by atoms with Crippen LogP contribution in [0.5, 0.6) is 0 Å². The SMILES string of the molecule is O=C(NCc1ccccc1[N+](=O)[O-])c1ccc(Br)cc1. The zero-order valence-corrected chi connectivity index (χ0v) is 12.0. The molecule has 0 spiro atoms. The van der Waals surface area contributed by atoms with Gasteiger partial charge in [-0.05, 0) is 24.3 Å². The van der Waals surface area contributed by atoms with E-state index in [4.69, 9.17) is 0 Å². The number of carbonyl (C=O) groups is 1. The van der Waals surface area contributed by atoms with Crippen molar-refractivity contribution in [2.45, 2.75) is 6.54 Å². The average Bonchev–Trinajstić information content (AvgIpc) is 2.45. The molecule has 102 valence electrons. The normalized spacial score (nSPS) is 10.1. The third-order valence-electron chi connectivity index (χ3n) is 2.73. The van der Waals surface area contributed by atoms with E-state index in [1.165, 1.54) is 6.07 Å². The fraction of sp³-hybridized carbons (Fsp3) is 0.0714. The average molecular weight is 335 g/mol. The molecule has 0 radical (unpaired) electrons. The zero-order chi connectivity index (χ0) is 14.5. The molecular weight excluding hydrogens is 324 g/mol. The summed E-state index contributed by atoms with van der Waals surface area (Å²) in [5.74, 6) is -0.268. The van der Waals surface area contributed by atoms with Gasteiger partial charge in [-0.1, -0.05) is 34.1 Å². The summed E-state index contributed by atoms with van der Waals surface area (Å²) in [4.78, 5) is 22.3. The molecule has 0 atom stereocenters. The molecule has 0 bridgehead atoms. The van der Waals surface area contributed by atoms with Crippen LogP contribution in [-0.2, 0) is 6.54 Å². The quantitative estimate of drug-likeness (QED) is 0.688. The first-order chi connectivity index (χ1) is 9.58. The van der Waals surface area contributed by atoms with Crippen molar-refractivity contribution < 1.29 is 9.72 Å². The van der Waals surface area contributed by atoms with Gasteiger partial charge in [-0.25, -0.2) is 0 Å². The number of benzene rings is 2. The minimum atomic E-state index is -0.457. The largest absolute Gasteiger partial charge is 0.348 e. The van der Waals surface area contributed by atoms with Crippen LogP contribution in [0.25, 0.3) is 0 Å². The second-order valence-electron chi connectivity index (χ2n) is 4.08. The topological polar surface area (TPSA) is 72.2 Å². The van der Waals surface area contributed by atoms with E-state index in [0.717, 1.165) is 4.47 Å². The summed E-state index contributed by atoms with van der Waals surface area (Å²) >= 11 is 3.29.